The first-order chi connectivity index (χ1) is 10.1. The summed E-state index contributed by atoms with van der Waals surface area (Å²) < 4.78 is 0. The highest BCUT2D eigenvalue weighted by molar-refractivity contribution is 6.33. The van der Waals surface area contributed by atoms with E-state index in [0.29, 0.717) is 17.3 Å². The number of rotatable bonds is 5. The number of nitrogens with one attached hydrogen (secondary N) is 2. The number of likely N-dealkylation sites (tertiary alicyclic amines) is 1. The van der Waals surface area contributed by atoms with Crippen LogP contribution in [0.1, 0.15) is 18.4 Å². The Morgan fingerprint density at radius 1 is 1.38 bits per heavy atom. The Morgan fingerprint density at radius 2 is 2.10 bits per heavy atom. The summed E-state index contributed by atoms with van der Waals surface area (Å²) >= 11 is 6.13. The Morgan fingerprint density at radius 3 is 2.71 bits per heavy atom. The molecule has 1 fully saturated rings. The maximum absolute atomic E-state index is 12.1. The van der Waals surface area contributed by atoms with Crippen molar-refractivity contribution in [3.05, 3.63) is 28.8 Å². The van der Waals surface area contributed by atoms with Gasteiger partial charge in [-0.15, -0.1) is 0 Å². The van der Waals surface area contributed by atoms with Gasteiger partial charge in [0.15, 0.2) is 0 Å². The van der Waals surface area contributed by atoms with Crippen molar-refractivity contribution in [1.29, 1.82) is 0 Å². The molecule has 1 aromatic carbocycles. The minimum Gasteiger partial charge on any atom is -0.324 e. The third-order valence-corrected chi connectivity index (χ3v) is 4.28. The second-order valence-corrected chi connectivity index (χ2v) is 6.22. The highest BCUT2D eigenvalue weighted by Crippen LogP contribution is 2.23. The van der Waals surface area contributed by atoms with Crippen LogP contribution in [0.25, 0.3) is 0 Å². The van der Waals surface area contributed by atoms with Gasteiger partial charge in [-0.25, -0.2) is 0 Å². The fraction of sp³-hybridized carbons (Fsp3) is 0.562. The van der Waals surface area contributed by atoms with Crippen LogP contribution in [0.2, 0.25) is 5.02 Å². The second-order valence-electron chi connectivity index (χ2n) is 5.81. The quantitative estimate of drug-likeness (QED) is 0.878. The fourth-order valence-electron chi connectivity index (χ4n) is 2.75. The van der Waals surface area contributed by atoms with Gasteiger partial charge in [0.25, 0.3) is 0 Å². The van der Waals surface area contributed by atoms with Gasteiger partial charge < -0.3 is 10.6 Å². The molecule has 5 heteroatoms. The van der Waals surface area contributed by atoms with E-state index in [9.17, 15) is 4.79 Å². The third kappa shape index (κ3) is 4.99. The number of carbonyl (C=O) groups is 1. The van der Waals surface area contributed by atoms with Crippen LogP contribution < -0.4 is 10.6 Å². The molecule has 0 aromatic heterocycles. The van der Waals surface area contributed by atoms with Gasteiger partial charge in [-0.05, 0) is 70.1 Å². The number of hydrogen-bond acceptors (Lipinski definition) is 3. The molecule has 116 valence electrons. The first kappa shape index (κ1) is 16.3. The van der Waals surface area contributed by atoms with Gasteiger partial charge in [0.2, 0.25) is 5.91 Å². The van der Waals surface area contributed by atoms with Crippen LogP contribution in [-0.2, 0) is 4.79 Å². The Labute approximate surface area is 131 Å². The number of nitrogens with zero attached hydrogens (tertiary/aromatic N) is 1. The predicted octanol–water partition coefficient (Wildman–Crippen LogP) is 2.52. The van der Waals surface area contributed by atoms with E-state index in [4.69, 9.17) is 11.6 Å². The van der Waals surface area contributed by atoms with Crippen LogP contribution in [0, 0.1) is 12.8 Å². The SMILES string of the molecule is CNCC1CCN(CC(=O)Nc2ccc(C)cc2Cl)CC1. The molecule has 2 N–H and O–H groups in total. The number of halogens is 1. The molecule has 2 rings (SSSR count). The summed E-state index contributed by atoms with van der Waals surface area (Å²) in [6.45, 7) is 5.46. The molecule has 0 aliphatic carbocycles. The molecule has 1 aromatic rings. The van der Waals surface area contributed by atoms with Crippen LogP contribution in [-0.4, -0.2) is 44.0 Å². The molecule has 1 aliphatic heterocycles. The van der Waals surface area contributed by atoms with E-state index in [1.807, 2.05) is 32.2 Å². The number of piperidine rings is 1. The zero-order chi connectivity index (χ0) is 15.2. The molecule has 1 saturated heterocycles. The van der Waals surface area contributed by atoms with Gasteiger partial charge in [0.05, 0.1) is 17.3 Å². The minimum absolute atomic E-state index is 0.00724. The van der Waals surface area contributed by atoms with Crippen LogP contribution in [0.4, 0.5) is 5.69 Å². The minimum atomic E-state index is 0.00724. The fourth-order valence-corrected chi connectivity index (χ4v) is 3.03. The van der Waals surface area contributed by atoms with E-state index in [0.717, 1.165) is 44.0 Å². The summed E-state index contributed by atoms with van der Waals surface area (Å²) in [5, 5.41) is 6.71. The van der Waals surface area contributed by atoms with E-state index in [1.165, 1.54) is 0 Å². The van der Waals surface area contributed by atoms with Crippen LogP contribution in [0.3, 0.4) is 0 Å². The van der Waals surface area contributed by atoms with Gasteiger partial charge in [0, 0.05) is 0 Å². The van der Waals surface area contributed by atoms with Crippen molar-refractivity contribution in [2.75, 3.05) is 38.5 Å². The Hall–Kier alpha value is -1.10. The molecule has 0 radical (unpaired) electrons. The van der Waals surface area contributed by atoms with E-state index in [1.54, 1.807) is 0 Å². The molecule has 0 unspecified atom stereocenters. The number of anilines is 1. The molecule has 0 spiro atoms. The largest absolute Gasteiger partial charge is 0.324 e. The highest BCUT2D eigenvalue weighted by atomic mass is 35.5. The molecule has 0 saturated carbocycles. The summed E-state index contributed by atoms with van der Waals surface area (Å²) in [5.41, 5.74) is 1.78. The lowest BCUT2D eigenvalue weighted by Gasteiger charge is -2.31. The predicted molar refractivity (Wildman–Crippen MR) is 87.9 cm³/mol. The molecule has 21 heavy (non-hydrogen) atoms. The summed E-state index contributed by atoms with van der Waals surface area (Å²) in [5.74, 6) is 0.744. The van der Waals surface area contributed by atoms with Crippen molar-refractivity contribution >= 4 is 23.2 Å². The van der Waals surface area contributed by atoms with E-state index >= 15 is 0 Å². The summed E-state index contributed by atoms with van der Waals surface area (Å²) in [4.78, 5) is 14.3. The van der Waals surface area contributed by atoms with E-state index in [2.05, 4.69) is 15.5 Å². The van der Waals surface area contributed by atoms with Crippen molar-refractivity contribution in [1.82, 2.24) is 10.2 Å². The lowest BCUT2D eigenvalue weighted by Crippen LogP contribution is -2.40. The normalized spacial score (nSPS) is 16.9. The third-order valence-electron chi connectivity index (χ3n) is 3.97. The number of carbonyl (C=O) groups excluding carboxylic acids is 1. The molecule has 1 heterocycles. The van der Waals surface area contributed by atoms with Crippen LogP contribution >= 0.6 is 11.6 Å². The maximum Gasteiger partial charge on any atom is 0.238 e. The molecular weight excluding hydrogens is 286 g/mol. The zero-order valence-electron chi connectivity index (χ0n) is 12.8. The number of aryl methyl sites for hydroxylation is 1. The second kappa shape index (κ2) is 7.78. The molecular formula is C16H24ClN3O. The van der Waals surface area contributed by atoms with Crippen LogP contribution in [0.5, 0.6) is 0 Å². The smallest absolute Gasteiger partial charge is 0.238 e. The Kier molecular flexibility index (Phi) is 6.03. The van der Waals surface area contributed by atoms with Gasteiger partial charge in [0.1, 0.15) is 0 Å². The topological polar surface area (TPSA) is 44.4 Å². The molecule has 1 aliphatic rings. The average Bonchev–Trinajstić information content (AvgIpc) is 2.44. The standard InChI is InChI=1S/C16H24ClN3O/c1-12-3-4-15(14(17)9-12)19-16(21)11-20-7-5-13(6-8-20)10-18-2/h3-4,9,13,18H,5-8,10-11H2,1-2H3,(H,19,21). The Bertz CT molecular complexity index is 484. The number of hydrogen-bond donors (Lipinski definition) is 2. The van der Waals surface area contributed by atoms with Crippen molar-refractivity contribution in [3.63, 3.8) is 0 Å². The van der Waals surface area contributed by atoms with E-state index in [-0.39, 0.29) is 5.91 Å². The molecule has 0 atom stereocenters. The maximum atomic E-state index is 12.1. The van der Waals surface area contributed by atoms with Crippen molar-refractivity contribution in [3.8, 4) is 0 Å². The average molecular weight is 310 g/mol. The monoisotopic (exact) mass is 309 g/mol. The number of benzene rings is 1. The van der Waals surface area contributed by atoms with Gasteiger partial charge >= 0.3 is 0 Å². The molecule has 0 bridgehead atoms. The summed E-state index contributed by atoms with van der Waals surface area (Å²) in [6, 6.07) is 5.67. The molecule has 1 amide bonds. The first-order valence-corrected chi connectivity index (χ1v) is 7.89. The number of amides is 1. The van der Waals surface area contributed by atoms with Gasteiger partial charge in [-0.1, -0.05) is 17.7 Å². The zero-order valence-corrected chi connectivity index (χ0v) is 13.5. The first-order valence-electron chi connectivity index (χ1n) is 7.51. The Balaban J connectivity index is 1.80. The molecule has 4 nitrogen and oxygen atoms in total. The van der Waals surface area contributed by atoms with Crippen molar-refractivity contribution in [2.45, 2.75) is 19.8 Å². The van der Waals surface area contributed by atoms with Gasteiger partial charge in [-0.3, -0.25) is 9.69 Å². The lowest BCUT2D eigenvalue weighted by molar-refractivity contribution is -0.117. The summed E-state index contributed by atoms with van der Waals surface area (Å²) in [6.07, 6.45) is 2.30. The lowest BCUT2D eigenvalue weighted by atomic mass is 9.97. The highest BCUT2D eigenvalue weighted by Gasteiger charge is 2.20. The van der Waals surface area contributed by atoms with Crippen molar-refractivity contribution < 1.29 is 4.79 Å². The van der Waals surface area contributed by atoms with Crippen LogP contribution in [0.15, 0.2) is 18.2 Å². The van der Waals surface area contributed by atoms with E-state index < -0.39 is 0 Å². The van der Waals surface area contributed by atoms with Crippen molar-refractivity contribution in [2.24, 2.45) is 5.92 Å². The summed E-state index contributed by atoms with van der Waals surface area (Å²) in [7, 11) is 1.99. The van der Waals surface area contributed by atoms with Gasteiger partial charge in [-0.2, -0.15) is 0 Å².